The Morgan fingerprint density at radius 2 is 1.72 bits per heavy atom. The van der Waals surface area contributed by atoms with Gasteiger partial charge in [0.25, 0.3) is 0 Å². The fourth-order valence-electron chi connectivity index (χ4n) is 3.67. The van der Waals surface area contributed by atoms with Gasteiger partial charge in [0.1, 0.15) is 5.75 Å². The van der Waals surface area contributed by atoms with Gasteiger partial charge in [0.05, 0.1) is 12.3 Å². The zero-order valence-corrected chi connectivity index (χ0v) is 15.3. The molecule has 0 unspecified atom stereocenters. The lowest BCUT2D eigenvalue weighted by Crippen LogP contribution is -2.43. The van der Waals surface area contributed by atoms with E-state index in [9.17, 15) is 0 Å². The van der Waals surface area contributed by atoms with Gasteiger partial charge < -0.3 is 14.5 Å². The third-order valence-corrected chi connectivity index (χ3v) is 5.27. The monoisotopic (exact) mass is 354 g/mol. The van der Waals surface area contributed by atoms with E-state index >= 15 is 0 Å². The Bertz CT molecular complexity index is 780. The number of rotatable bonds is 2. The lowest BCUT2D eigenvalue weighted by molar-refractivity contribution is 0.207. The van der Waals surface area contributed by atoms with Gasteiger partial charge in [-0.15, -0.1) is 0 Å². The van der Waals surface area contributed by atoms with Crippen molar-refractivity contribution in [1.29, 1.82) is 0 Å². The lowest BCUT2D eigenvalue weighted by atomic mass is 9.96. The van der Waals surface area contributed by atoms with Gasteiger partial charge in [0.2, 0.25) is 0 Å². The summed E-state index contributed by atoms with van der Waals surface area (Å²) in [4.78, 5) is 4.90. The number of hydrogen-bond donors (Lipinski definition) is 0. The van der Waals surface area contributed by atoms with Gasteiger partial charge in [-0.25, -0.2) is 0 Å². The number of hydrogen-bond acceptors (Lipinski definition) is 3. The highest BCUT2D eigenvalue weighted by molar-refractivity contribution is 6.30. The van der Waals surface area contributed by atoms with E-state index in [4.69, 9.17) is 16.3 Å². The number of benzene rings is 2. The maximum absolute atomic E-state index is 6.22. The summed E-state index contributed by atoms with van der Waals surface area (Å²) in [5, 5.41) is 0.722. The largest absolute Gasteiger partial charge is 0.492 e. The fraction of sp³-hybridized carbons (Fsp3) is 0.333. The second kappa shape index (κ2) is 7.11. The molecule has 2 aromatic rings. The highest BCUT2D eigenvalue weighted by Gasteiger charge is 2.26. The van der Waals surface area contributed by atoms with Crippen LogP contribution >= 0.6 is 11.6 Å². The maximum atomic E-state index is 6.22. The first-order valence-corrected chi connectivity index (χ1v) is 9.25. The number of likely N-dealkylation sites (N-methyl/N-ethyl adjacent to an activating group) is 1. The molecule has 0 spiro atoms. The van der Waals surface area contributed by atoms with Crippen molar-refractivity contribution in [1.82, 2.24) is 9.80 Å². The molecule has 1 fully saturated rings. The van der Waals surface area contributed by atoms with Crippen molar-refractivity contribution in [2.75, 3.05) is 39.8 Å². The van der Waals surface area contributed by atoms with Gasteiger partial charge in [0.15, 0.2) is 0 Å². The van der Waals surface area contributed by atoms with E-state index in [2.05, 4.69) is 53.2 Å². The highest BCUT2D eigenvalue weighted by Crippen LogP contribution is 2.40. The Hall–Kier alpha value is -1.97. The number of fused-ring (bicyclic) bond motifs is 1. The summed E-state index contributed by atoms with van der Waals surface area (Å²) >= 11 is 6.22. The summed E-state index contributed by atoms with van der Waals surface area (Å²) in [5.74, 6) is 0.896. The maximum Gasteiger partial charge on any atom is 0.130 e. The van der Waals surface area contributed by atoms with Crippen molar-refractivity contribution in [3.05, 3.63) is 64.7 Å². The van der Waals surface area contributed by atoms with Crippen LogP contribution < -0.4 is 4.74 Å². The molecule has 3 nitrogen and oxygen atoms in total. The molecule has 0 aliphatic carbocycles. The first kappa shape index (κ1) is 16.5. The summed E-state index contributed by atoms with van der Waals surface area (Å²) < 4.78 is 6.06. The summed E-state index contributed by atoms with van der Waals surface area (Å²) in [6.07, 6.45) is 0.901. The van der Waals surface area contributed by atoms with Crippen LogP contribution in [0.4, 0.5) is 0 Å². The lowest BCUT2D eigenvalue weighted by Gasteiger charge is -2.37. The number of piperazine rings is 1. The second-order valence-corrected chi connectivity index (χ2v) is 7.16. The predicted octanol–water partition coefficient (Wildman–Crippen LogP) is 4.24. The molecule has 4 heteroatoms. The highest BCUT2D eigenvalue weighted by atomic mass is 35.5. The average Bonchev–Trinajstić information content (AvgIpc) is 2.82. The first-order valence-electron chi connectivity index (χ1n) is 8.87. The van der Waals surface area contributed by atoms with E-state index in [0.29, 0.717) is 6.61 Å². The molecule has 2 aromatic carbocycles. The Balaban J connectivity index is 1.87. The topological polar surface area (TPSA) is 15.7 Å². The molecule has 2 heterocycles. The predicted molar refractivity (Wildman–Crippen MR) is 104 cm³/mol. The number of halogens is 1. The second-order valence-electron chi connectivity index (χ2n) is 6.72. The van der Waals surface area contributed by atoms with Gasteiger partial charge in [-0.05, 0) is 36.4 Å². The Kier molecular flexibility index (Phi) is 4.69. The molecule has 25 heavy (non-hydrogen) atoms. The summed E-state index contributed by atoms with van der Waals surface area (Å²) in [6, 6.07) is 16.7. The molecule has 2 aliphatic heterocycles. The van der Waals surface area contributed by atoms with Crippen LogP contribution in [-0.4, -0.2) is 49.6 Å². The molecule has 0 amide bonds. The molecule has 130 valence electrons. The molecule has 0 radical (unpaired) electrons. The van der Waals surface area contributed by atoms with Crippen LogP contribution in [0.2, 0.25) is 5.02 Å². The summed E-state index contributed by atoms with van der Waals surface area (Å²) in [5.41, 5.74) is 5.11. The molecule has 2 aliphatic rings. The minimum Gasteiger partial charge on any atom is -0.492 e. The summed E-state index contributed by atoms with van der Waals surface area (Å²) in [7, 11) is 2.19. The van der Waals surface area contributed by atoms with Gasteiger partial charge in [-0.3, -0.25) is 0 Å². The van der Waals surface area contributed by atoms with Gasteiger partial charge in [-0.2, -0.15) is 0 Å². The molecule has 0 N–H and O–H groups in total. The number of nitrogens with zero attached hydrogens (tertiary/aromatic N) is 2. The van der Waals surface area contributed by atoms with E-state index in [1.54, 1.807) is 0 Å². The molecule has 1 saturated heterocycles. The summed E-state index contributed by atoms with van der Waals surface area (Å²) in [6.45, 7) is 4.90. The molecule has 4 rings (SSSR count). The Labute approximate surface area is 154 Å². The minimum absolute atomic E-state index is 0.675. The number of ether oxygens (including phenoxy) is 1. The van der Waals surface area contributed by atoms with Gasteiger partial charge in [0, 0.05) is 43.2 Å². The molecule has 0 saturated carbocycles. The van der Waals surface area contributed by atoms with Gasteiger partial charge in [-0.1, -0.05) is 41.9 Å². The van der Waals surface area contributed by atoms with Crippen molar-refractivity contribution in [2.24, 2.45) is 0 Å². The normalized spacial score (nSPS) is 18.6. The Morgan fingerprint density at radius 1 is 0.960 bits per heavy atom. The zero-order chi connectivity index (χ0) is 17.2. The van der Waals surface area contributed by atoms with Gasteiger partial charge >= 0.3 is 0 Å². The van der Waals surface area contributed by atoms with Crippen LogP contribution in [0.3, 0.4) is 0 Å². The third-order valence-electron chi connectivity index (χ3n) is 5.04. The third kappa shape index (κ3) is 3.39. The molecular weight excluding hydrogens is 332 g/mol. The zero-order valence-electron chi connectivity index (χ0n) is 14.5. The van der Waals surface area contributed by atoms with E-state index < -0.39 is 0 Å². The SMILES string of the molecule is CN1CCN(C2=C(c3ccccc3)CCOc3cc(Cl)ccc32)CC1. The van der Waals surface area contributed by atoms with Crippen LogP contribution in [-0.2, 0) is 0 Å². The van der Waals surface area contributed by atoms with Crippen LogP contribution in [0.25, 0.3) is 11.3 Å². The first-order chi connectivity index (χ1) is 12.2. The molecule has 0 atom stereocenters. The molecular formula is C21H23ClN2O. The average molecular weight is 355 g/mol. The van der Waals surface area contributed by atoms with Crippen molar-refractivity contribution in [2.45, 2.75) is 6.42 Å². The van der Waals surface area contributed by atoms with Crippen molar-refractivity contribution in [3.63, 3.8) is 0 Å². The van der Waals surface area contributed by atoms with Crippen molar-refractivity contribution in [3.8, 4) is 5.75 Å². The molecule has 0 aromatic heterocycles. The van der Waals surface area contributed by atoms with Crippen LogP contribution in [0.15, 0.2) is 48.5 Å². The molecule has 0 bridgehead atoms. The van der Waals surface area contributed by atoms with E-state index in [1.165, 1.54) is 16.8 Å². The minimum atomic E-state index is 0.675. The van der Waals surface area contributed by atoms with E-state index in [-0.39, 0.29) is 0 Å². The van der Waals surface area contributed by atoms with Crippen molar-refractivity contribution >= 4 is 22.9 Å². The standard InChI is InChI=1S/C21H23ClN2O/c1-23-10-12-24(13-11-23)21-18(16-5-3-2-4-6-16)9-14-25-20-15-17(22)7-8-19(20)21/h2-8,15H,9-14H2,1H3. The fourth-order valence-corrected chi connectivity index (χ4v) is 3.83. The van der Waals surface area contributed by atoms with Crippen LogP contribution in [0, 0.1) is 0 Å². The smallest absolute Gasteiger partial charge is 0.130 e. The van der Waals surface area contributed by atoms with Crippen LogP contribution in [0.5, 0.6) is 5.75 Å². The quantitative estimate of drug-likeness (QED) is 0.802. The van der Waals surface area contributed by atoms with Crippen molar-refractivity contribution < 1.29 is 4.74 Å². The van der Waals surface area contributed by atoms with E-state index in [0.717, 1.165) is 48.9 Å². The van der Waals surface area contributed by atoms with Crippen LogP contribution in [0.1, 0.15) is 17.5 Å². The van der Waals surface area contributed by atoms with E-state index in [1.807, 2.05) is 12.1 Å². The Morgan fingerprint density at radius 3 is 2.48 bits per heavy atom.